The van der Waals surface area contributed by atoms with Gasteiger partial charge in [0.05, 0.1) is 6.61 Å². The van der Waals surface area contributed by atoms with E-state index in [1.807, 2.05) is 49.4 Å². The van der Waals surface area contributed by atoms with Crippen molar-refractivity contribution in [2.45, 2.75) is 18.9 Å². The monoisotopic (exact) mass is 192 g/mol. The van der Waals surface area contributed by atoms with Crippen LogP contribution in [0.5, 0.6) is 0 Å². The average Bonchev–Trinajstić information content (AvgIpc) is 2.27. The lowest BCUT2D eigenvalue weighted by molar-refractivity contribution is -0.0165. The summed E-state index contributed by atoms with van der Waals surface area (Å²) in [5.41, 5.74) is -0.395. The SMILES string of the molecule is C/C=C/C[C@@](O)(CO)c1ccccc1. The van der Waals surface area contributed by atoms with Crippen molar-refractivity contribution in [2.75, 3.05) is 6.61 Å². The van der Waals surface area contributed by atoms with Crippen molar-refractivity contribution in [1.82, 2.24) is 0 Å². The molecule has 1 atom stereocenters. The fourth-order valence-electron chi connectivity index (χ4n) is 1.33. The lowest BCUT2D eigenvalue weighted by Gasteiger charge is -2.24. The molecule has 0 aliphatic carbocycles. The van der Waals surface area contributed by atoms with Gasteiger partial charge in [0, 0.05) is 6.42 Å². The second kappa shape index (κ2) is 4.94. The fourth-order valence-corrected chi connectivity index (χ4v) is 1.33. The molecule has 0 aliphatic heterocycles. The Balaban J connectivity index is 2.89. The maximum absolute atomic E-state index is 10.1. The molecule has 1 aromatic rings. The Kier molecular flexibility index (Phi) is 3.86. The predicted octanol–water partition coefficient (Wildman–Crippen LogP) is 1.83. The van der Waals surface area contributed by atoms with Gasteiger partial charge in [-0.25, -0.2) is 0 Å². The van der Waals surface area contributed by atoms with Gasteiger partial charge >= 0.3 is 0 Å². The highest BCUT2D eigenvalue weighted by Gasteiger charge is 2.26. The van der Waals surface area contributed by atoms with Crippen molar-refractivity contribution in [1.29, 1.82) is 0 Å². The molecule has 2 nitrogen and oxygen atoms in total. The smallest absolute Gasteiger partial charge is 0.116 e. The number of aliphatic hydroxyl groups excluding tert-OH is 1. The van der Waals surface area contributed by atoms with Crippen molar-refractivity contribution >= 4 is 0 Å². The second-order valence-corrected chi connectivity index (χ2v) is 3.33. The molecular formula is C12H16O2. The van der Waals surface area contributed by atoms with Gasteiger partial charge in [0.15, 0.2) is 0 Å². The Hall–Kier alpha value is -1.12. The van der Waals surface area contributed by atoms with Crippen LogP contribution in [0.15, 0.2) is 42.5 Å². The van der Waals surface area contributed by atoms with Crippen LogP contribution in [0.3, 0.4) is 0 Å². The summed E-state index contributed by atoms with van der Waals surface area (Å²) in [4.78, 5) is 0. The first kappa shape index (κ1) is 11.0. The first-order valence-corrected chi connectivity index (χ1v) is 4.73. The van der Waals surface area contributed by atoms with Crippen LogP contribution in [-0.4, -0.2) is 16.8 Å². The topological polar surface area (TPSA) is 40.5 Å². The third-order valence-electron chi connectivity index (χ3n) is 2.26. The first-order valence-electron chi connectivity index (χ1n) is 4.73. The minimum atomic E-state index is -1.15. The molecule has 14 heavy (non-hydrogen) atoms. The zero-order valence-corrected chi connectivity index (χ0v) is 8.35. The van der Waals surface area contributed by atoms with E-state index in [0.717, 1.165) is 5.56 Å². The second-order valence-electron chi connectivity index (χ2n) is 3.33. The third-order valence-corrected chi connectivity index (χ3v) is 2.26. The van der Waals surface area contributed by atoms with E-state index in [0.29, 0.717) is 6.42 Å². The summed E-state index contributed by atoms with van der Waals surface area (Å²) in [6.45, 7) is 1.63. The quantitative estimate of drug-likeness (QED) is 0.714. The van der Waals surface area contributed by atoms with Crippen LogP contribution in [0.1, 0.15) is 18.9 Å². The molecule has 2 N–H and O–H groups in total. The number of allylic oxidation sites excluding steroid dienone is 1. The summed E-state index contributed by atoms with van der Waals surface area (Å²) in [6, 6.07) is 9.23. The lowest BCUT2D eigenvalue weighted by atomic mass is 9.91. The van der Waals surface area contributed by atoms with E-state index >= 15 is 0 Å². The van der Waals surface area contributed by atoms with Crippen molar-refractivity contribution in [3.8, 4) is 0 Å². The average molecular weight is 192 g/mol. The Morgan fingerprint density at radius 2 is 1.93 bits per heavy atom. The molecule has 0 saturated carbocycles. The minimum absolute atomic E-state index is 0.263. The molecule has 1 rings (SSSR count). The molecule has 0 unspecified atom stereocenters. The summed E-state index contributed by atoms with van der Waals surface area (Å²) in [5, 5.41) is 19.3. The largest absolute Gasteiger partial charge is 0.393 e. The van der Waals surface area contributed by atoms with Crippen LogP contribution in [0.4, 0.5) is 0 Å². The van der Waals surface area contributed by atoms with Crippen molar-refractivity contribution in [3.63, 3.8) is 0 Å². The van der Waals surface area contributed by atoms with Gasteiger partial charge in [-0.1, -0.05) is 42.5 Å². The van der Waals surface area contributed by atoms with Gasteiger partial charge in [-0.15, -0.1) is 0 Å². The first-order chi connectivity index (χ1) is 6.73. The maximum atomic E-state index is 10.1. The van der Waals surface area contributed by atoms with E-state index in [1.54, 1.807) is 0 Å². The molecule has 0 spiro atoms. The highest BCUT2D eigenvalue weighted by molar-refractivity contribution is 5.23. The molecule has 0 fully saturated rings. The molecule has 0 bridgehead atoms. The predicted molar refractivity (Wildman–Crippen MR) is 56.9 cm³/mol. The molecule has 0 aromatic heterocycles. The minimum Gasteiger partial charge on any atom is -0.393 e. The highest BCUT2D eigenvalue weighted by Crippen LogP contribution is 2.24. The molecule has 76 valence electrons. The zero-order chi connectivity index (χ0) is 10.4. The van der Waals surface area contributed by atoms with Crippen LogP contribution in [0.25, 0.3) is 0 Å². The van der Waals surface area contributed by atoms with E-state index in [-0.39, 0.29) is 6.61 Å². The summed E-state index contributed by atoms with van der Waals surface area (Å²) in [5.74, 6) is 0. The Bertz CT molecular complexity index is 292. The summed E-state index contributed by atoms with van der Waals surface area (Å²) >= 11 is 0. The summed E-state index contributed by atoms with van der Waals surface area (Å²) in [7, 11) is 0. The number of hydrogen-bond donors (Lipinski definition) is 2. The number of aliphatic hydroxyl groups is 2. The van der Waals surface area contributed by atoms with Crippen LogP contribution >= 0.6 is 0 Å². The van der Waals surface area contributed by atoms with E-state index in [4.69, 9.17) is 0 Å². The third kappa shape index (κ3) is 2.44. The molecule has 0 aliphatic rings. The van der Waals surface area contributed by atoms with Crippen molar-refractivity contribution in [2.24, 2.45) is 0 Å². The van der Waals surface area contributed by atoms with Gasteiger partial charge in [0.25, 0.3) is 0 Å². The van der Waals surface area contributed by atoms with Gasteiger partial charge in [0.1, 0.15) is 5.60 Å². The van der Waals surface area contributed by atoms with Crippen LogP contribution in [0.2, 0.25) is 0 Å². The maximum Gasteiger partial charge on any atom is 0.116 e. The molecule has 0 saturated heterocycles. The molecule has 0 amide bonds. The Labute approximate surface area is 84.5 Å². The summed E-state index contributed by atoms with van der Waals surface area (Å²) in [6.07, 6.45) is 4.15. The normalized spacial score (nSPS) is 15.6. The zero-order valence-electron chi connectivity index (χ0n) is 8.35. The number of benzene rings is 1. The molecule has 0 heterocycles. The molecule has 1 aromatic carbocycles. The van der Waals surface area contributed by atoms with Gasteiger partial charge in [-0.2, -0.15) is 0 Å². The van der Waals surface area contributed by atoms with E-state index in [1.165, 1.54) is 0 Å². The van der Waals surface area contributed by atoms with E-state index in [2.05, 4.69) is 0 Å². The number of rotatable bonds is 4. The van der Waals surface area contributed by atoms with Gasteiger partial charge in [0.2, 0.25) is 0 Å². The van der Waals surface area contributed by atoms with Gasteiger partial charge < -0.3 is 10.2 Å². The van der Waals surface area contributed by atoms with E-state index < -0.39 is 5.60 Å². The molecule has 2 heteroatoms. The lowest BCUT2D eigenvalue weighted by Crippen LogP contribution is -2.29. The summed E-state index contributed by atoms with van der Waals surface area (Å²) < 4.78 is 0. The molecule has 0 radical (unpaired) electrons. The van der Waals surface area contributed by atoms with Crippen LogP contribution < -0.4 is 0 Å². The van der Waals surface area contributed by atoms with Crippen molar-refractivity contribution < 1.29 is 10.2 Å². The Morgan fingerprint density at radius 1 is 1.29 bits per heavy atom. The highest BCUT2D eigenvalue weighted by atomic mass is 16.3. The van der Waals surface area contributed by atoms with E-state index in [9.17, 15) is 10.2 Å². The number of hydrogen-bond acceptors (Lipinski definition) is 2. The fraction of sp³-hybridized carbons (Fsp3) is 0.333. The van der Waals surface area contributed by atoms with Crippen LogP contribution in [-0.2, 0) is 5.60 Å². The Morgan fingerprint density at radius 3 is 2.43 bits per heavy atom. The van der Waals surface area contributed by atoms with Crippen molar-refractivity contribution in [3.05, 3.63) is 48.0 Å². The molecular weight excluding hydrogens is 176 g/mol. The van der Waals surface area contributed by atoms with Gasteiger partial charge in [-0.3, -0.25) is 0 Å². The standard InChI is InChI=1S/C12H16O2/c1-2-3-9-12(14,10-13)11-7-5-4-6-8-11/h2-8,13-14H,9-10H2,1H3/b3-2+/t12-/m1/s1. The van der Waals surface area contributed by atoms with Gasteiger partial charge in [-0.05, 0) is 12.5 Å². The van der Waals surface area contributed by atoms with Crippen LogP contribution in [0, 0.1) is 0 Å².